The van der Waals surface area contributed by atoms with E-state index in [1.165, 1.54) is 24.0 Å². The van der Waals surface area contributed by atoms with E-state index in [1.54, 1.807) is 0 Å². The van der Waals surface area contributed by atoms with Crippen molar-refractivity contribution in [1.29, 1.82) is 0 Å². The molecule has 2 aliphatic heterocycles. The Morgan fingerprint density at radius 2 is 2.20 bits per heavy atom. The molecule has 15 heavy (non-hydrogen) atoms. The van der Waals surface area contributed by atoms with Crippen LogP contribution in [0.3, 0.4) is 0 Å². The van der Waals surface area contributed by atoms with Gasteiger partial charge in [-0.2, -0.15) is 0 Å². The second-order valence-electron chi connectivity index (χ2n) is 3.18. The summed E-state index contributed by atoms with van der Waals surface area (Å²) in [6.07, 6.45) is 2.83. The summed E-state index contributed by atoms with van der Waals surface area (Å²) in [5, 5.41) is 0.875. The van der Waals surface area contributed by atoms with Crippen LogP contribution in [0.1, 0.15) is 17.4 Å². The predicted molar refractivity (Wildman–Crippen MR) is 53.1 cm³/mol. The highest BCUT2D eigenvalue weighted by Crippen LogP contribution is 2.21. The molecule has 5 nitrogen and oxygen atoms in total. The highest BCUT2D eigenvalue weighted by molar-refractivity contribution is 8.00. The summed E-state index contributed by atoms with van der Waals surface area (Å²) < 4.78 is 0. The van der Waals surface area contributed by atoms with Crippen LogP contribution in [0.4, 0.5) is 0 Å². The van der Waals surface area contributed by atoms with E-state index in [1.807, 2.05) is 6.92 Å². The maximum atomic E-state index is 11.5. The fourth-order valence-electron chi connectivity index (χ4n) is 1.44. The van der Waals surface area contributed by atoms with Crippen LogP contribution in [-0.4, -0.2) is 21.1 Å². The van der Waals surface area contributed by atoms with Crippen LogP contribution in [-0.2, 0) is 0 Å². The molecule has 0 saturated carbocycles. The van der Waals surface area contributed by atoms with Crippen molar-refractivity contribution in [3.8, 4) is 0 Å². The van der Waals surface area contributed by atoms with Gasteiger partial charge in [0.2, 0.25) is 5.78 Å². The Bertz CT molecular complexity index is 607. The van der Waals surface area contributed by atoms with Crippen molar-refractivity contribution in [2.75, 3.05) is 0 Å². The fraction of sp³-hybridized carbons (Fsp3) is 0.222. The number of carbonyl (C=O) groups excluding carboxylic acids is 1. The number of thioether (sulfide) groups is 1. The zero-order valence-corrected chi connectivity index (χ0v) is 8.65. The van der Waals surface area contributed by atoms with Crippen LogP contribution in [0.25, 0.3) is 0 Å². The lowest BCUT2D eigenvalue weighted by atomic mass is 10.2. The summed E-state index contributed by atoms with van der Waals surface area (Å²) in [4.78, 5) is 28.2. The molecule has 3 heterocycles. The molecule has 74 valence electrons. The second kappa shape index (κ2) is 2.96. The number of aromatic nitrogens is 2. The molecule has 0 N–H and O–H groups in total. The minimum Gasteiger partial charge on any atom is -0.287 e. The lowest BCUT2D eigenvalue weighted by Crippen LogP contribution is -2.29. The van der Waals surface area contributed by atoms with Crippen LogP contribution in [0.2, 0.25) is 0 Å². The van der Waals surface area contributed by atoms with Crippen LogP contribution >= 0.6 is 11.8 Å². The Morgan fingerprint density at radius 1 is 1.33 bits per heavy atom. The number of fused-ring (bicyclic) bond motifs is 2. The third-order valence-electron chi connectivity index (χ3n) is 2.07. The Labute approximate surface area is 89.1 Å². The summed E-state index contributed by atoms with van der Waals surface area (Å²) in [6.45, 7) is 1.96. The van der Waals surface area contributed by atoms with Crippen LogP contribution in [0.5, 0.6) is 0 Å². The molecular formula is C9H6N4OS. The number of nitrogens with zero attached hydrogens (tertiary/aromatic N) is 4. The first kappa shape index (κ1) is 8.72. The molecule has 1 aromatic rings. The number of allylic oxidation sites excluding steroid dienone is 1. The van der Waals surface area contributed by atoms with E-state index < -0.39 is 0 Å². The van der Waals surface area contributed by atoms with Gasteiger partial charge in [0.05, 0.1) is 0 Å². The van der Waals surface area contributed by atoms with Crippen LogP contribution in [0.15, 0.2) is 27.3 Å². The van der Waals surface area contributed by atoms with Gasteiger partial charge in [-0.05, 0) is 6.92 Å². The smallest absolute Gasteiger partial charge is 0.209 e. The summed E-state index contributed by atoms with van der Waals surface area (Å²) >= 11 is 1.53. The van der Waals surface area contributed by atoms with Gasteiger partial charge >= 0.3 is 0 Å². The van der Waals surface area contributed by atoms with Gasteiger partial charge in [0.15, 0.2) is 16.7 Å². The minimum atomic E-state index is -0.157. The van der Waals surface area contributed by atoms with Crippen molar-refractivity contribution < 1.29 is 4.79 Å². The van der Waals surface area contributed by atoms with E-state index in [2.05, 4.69) is 20.0 Å². The fourth-order valence-corrected chi connectivity index (χ4v) is 2.25. The predicted octanol–water partition coefficient (Wildman–Crippen LogP) is -0.123. The van der Waals surface area contributed by atoms with Gasteiger partial charge in [-0.1, -0.05) is 11.8 Å². The Balaban J connectivity index is 2.34. The van der Waals surface area contributed by atoms with Gasteiger partial charge in [0, 0.05) is 12.3 Å². The van der Waals surface area contributed by atoms with Crippen molar-refractivity contribution in [2.24, 2.45) is 9.98 Å². The lowest BCUT2D eigenvalue weighted by Gasteiger charge is -1.99. The van der Waals surface area contributed by atoms with Gasteiger partial charge in [0.1, 0.15) is 10.4 Å². The molecule has 6 heteroatoms. The first-order chi connectivity index (χ1) is 7.24. The molecular weight excluding hydrogens is 212 g/mol. The molecule has 1 unspecified atom stereocenters. The molecule has 0 bridgehead atoms. The third kappa shape index (κ3) is 1.29. The SMILES string of the molecule is CC1N=c2nc3c(nc2S1)=NC=CC3=O. The van der Waals surface area contributed by atoms with Crippen molar-refractivity contribution >= 4 is 17.5 Å². The molecule has 0 radical (unpaired) electrons. The topological polar surface area (TPSA) is 67.6 Å². The van der Waals surface area contributed by atoms with Gasteiger partial charge < -0.3 is 0 Å². The Hall–Kier alpha value is -1.56. The number of hydrogen-bond donors (Lipinski definition) is 0. The van der Waals surface area contributed by atoms with Crippen molar-refractivity contribution in [1.82, 2.24) is 9.97 Å². The summed E-state index contributed by atoms with van der Waals surface area (Å²) in [7, 11) is 0. The lowest BCUT2D eigenvalue weighted by molar-refractivity contribution is 0.103. The highest BCUT2D eigenvalue weighted by Gasteiger charge is 2.20. The molecule has 0 amide bonds. The maximum absolute atomic E-state index is 11.5. The van der Waals surface area contributed by atoms with E-state index in [-0.39, 0.29) is 11.2 Å². The molecule has 0 spiro atoms. The van der Waals surface area contributed by atoms with Gasteiger partial charge in [-0.25, -0.2) is 20.0 Å². The van der Waals surface area contributed by atoms with Crippen molar-refractivity contribution in [3.05, 3.63) is 28.9 Å². The first-order valence-corrected chi connectivity index (χ1v) is 5.33. The zero-order chi connectivity index (χ0) is 10.4. The molecule has 1 aromatic heterocycles. The van der Waals surface area contributed by atoms with E-state index >= 15 is 0 Å². The van der Waals surface area contributed by atoms with Crippen molar-refractivity contribution in [3.63, 3.8) is 0 Å². The largest absolute Gasteiger partial charge is 0.287 e. The molecule has 0 fully saturated rings. The van der Waals surface area contributed by atoms with Crippen molar-refractivity contribution in [2.45, 2.75) is 17.3 Å². The third-order valence-corrected chi connectivity index (χ3v) is 3.01. The molecule has 3 rings (SSSR count). The van der Waals surface area contributed by atoms with Gasteiger partial charge in [-0.3, -0.25) is 4.79 Å². The van der Waals surface area contributed by atoms with E-state index in [0.29, 0.717) is 16.7 Å². The van der Waals surface area contributed by atoms with Gasteiger partial charge in [0.25, 0.3) is 0 Å². The second-order valence-corrected chi connectivity index (χ2v) is 4.48. The summed E-state index contributed by atoms with van der Waals surface area (Å²) in [5.41, 5.74) is 1.26. The monoisotopic (exact) mass is 218 g/mol. The quantitative estimate of drug-likeness (QED) is 0.608. The molecule has 2 aliphatic rings. The summed E-state index contributed by atoms with van der Waals surface area (Å²) in [6, 6.07) is 0. The molecule has 0 saturated heterocycles. The Morgan fingerprint density at radius 3 is 3.07 bits per heavy atom. The maximum Gasteiger partial charge on any atom is 0.209 e. The number of hydrogen-bond acceptors (Lipinski definition) is 6. The Kier molecular flexibility index (Phi) is 1.72. The molecule has 0 aliphatic carbocycles. The van der Waals surface area contributed by atoms with Gasteiger partial charge in [-0.15, -0.1) is 0 Å². The number of ketones is 1. The normalized spacial score (nSPS) is 21.7. The van der Waals surface area contributed by atoms with E-state index in [9.17, 15) is 4.79 Å². The number of carbonyl (C=O) groups is 1. The average molecular weight is 218 g/mol. The standard InChI is InChI=1S/C9H6N4OS/c1-4-11-8-9(15-4)13-7-6(12-8)5(14)2-3-10-7/h2-4H,1H3. The van der Waals surface area contributed by atoms with E-state index in [0.717, 1.165) is 5.03 Å². The zero-order valence-electron chi connectivity index (χ0n) is 7.84. The van der Waals surface area contributed by atoms with Crippen LogP contribution < -0.4 is 11.0 Å². The van der Waals surface area contributed by atoms with Crippen LogP contribution in [0, 0.1) is 0 Å². The number of rotatable bonds is 0. The molecule has 1 atom stereocenters. The first-order valence-electron chi connectivity index (χ1n) is 4.45. The summed E-state index contributed by atoms with van der Waals surface area (Å²) in [5.74, 6) is -0.157. The highest BCUT2D eigenvalue weighted by atomic mass is 32.2. The average Bonchev–Trinajstić information content (AvgIpc) is 2.55. The minimum absolute atomic E-state index is 0.118. The molecule has 0 aromatic carbocycles. The van der Waals surface area contributed by atoms with E-state index in [4.69, 9.17) is 0 Å².